The minimum Gasteiger partial charge on any atom is -0.454 e. The molecule has 1 fully saturated rings. The monoisotopic (exact) mass is 326 g/mol. The smallest absolute Gasteiger partial charge is 0.231 e. The molecule has 0 spiro atoms. The van der Waals surface area contributed by atoms with Crippen molar-refractivity contribution in [3.63, 3.8) is 0 Å². The molecule has 1 aliphatic heterocycles. The van der Waals surface area contributed by atoms with Crippen LogP contribution < -0.4 is 20.5 Å². The number of fused-ring (bicyclic) bond motifs is 1. The van der Waals surface area contributed by atoms with Gasteiger partial charge in [-0.15, -0.1) is 12.4 Å². The third kappa shape index (κ3) is 3.97. The van der Waals surface area contributed by atoms with Gasteiger partial charge in [0.15, 0.2) is 11.5 Å². The van der Waals surface area contributed by atoms with E-state index in [1.807, 2.05) is 0 Å². The van der Waals surface area contributed by atoms with Crippen molar-refractivity contribution in [3.8, 4) is 11.5 Å². The molecule has 1 amide bonds. The van der Waals surface area contributed by atoms with Crippen molar-refractivity contribution in [2.45, 2.75) is 44.9 Å². The maximum atomic E-state index is 12.1. The van der Waals surface area contributed by atoms with Crippen LogP contribution in [0.4, 0.5) is 11.4 Å². The van der Waals surface area contributed by atoms with Gasteiger partial charge in [-0.3, -0.25) is 4.79 Å². The van der Waals surface area contributed by atoms with Crippen molar-refractivity contribution < 1.29 is 14.3 Å². The van der Waals surface area contributed by atoms with E-state index in [9.17, 15) is 4.79 Å². The van der Waals surface area contributed by atoms with E-state index in [1.165, 1.54) is 32.1 Å². The first kappa shape index (κ1) is 16.7. The summed E-state index contributed by atoms with van der Waals surface area (Å²) in [6.07, 6.45) is 8.01. The molecule has 22 heavy (non-hydrogen) atoms. The van der Waals surface area contributed by atoms with Gasteiger partial charge in [0.25, 0.3) is 0 Å². The number of nitrogens with one attached hydrogen (secondary N) is 1. The first-order valence-electron chi connectivity index (χ1n) is 7.71. The molecule has 0 atom stereocenters. The lowest BCUT2D eigenvalue weighted by molar-refractivity contribution is -0.116. The standard InChI is InChI=1S/C16H22N2O3.ClH/c17-12-8-14-15(21-10-20-14)9-13(12)18-16(19)7-6-11-4-2-1-3-5-11;/h8-9,11H,1-7,10,17H2,(H,18,19);1H. The number of nitrogens with two attached hydrogens (primary N) is 1. The van der Waals surface area contributed by atoms with Crippen LogP contribution in [0.2, 0.25) is 0 Å². The van der Waals surface area contributed by atoms with E-state index < -0.39 is 0 Å². The maximum absolute atomic E-state index is 12.1. The van der Waals surface area contributed by atoms with Gasteiger partial charge in [-0.05, 0) is 12.3 Å². The second-order valence-electron chi connectivity index (χ2n) is 5.88. The number of ether oxygens (including phenoxy) is 2. The first-order valence-corrected chi connectivity index (χ1v) is 7.71. The normalized spacial score (nSPS) is 16.9. The Balaban J connectivity index is 0.00000176. The summed E-state index contributed by atoms with van der Waals surface area (Å²) >= 11 is 0. The predicted octanol–water partition coefficient (Wildman–Crippen LogP) is 3.72. The molecule has 1 aromatic carbocycles. The van der Waals surface area contributed by atoms with Crippen LogP contribution in [-0.4, -0.2) is 12.7 Å². The van der Waals surface area contributed by atoms with E-state index >= 15 is 0 Å². The van der Waals surface area contributed by atoms with Crippen LogP contribution in [0.3, 0.4) is 0 Å². The summed E-state index contributed by atoms with van der Waals surface area (Å²) in [4.78, 5) is 12.1. The van der Waals surface area contributed by atoms with Crippen LogP contribution in [0.5, 0.6) is 11.5 Å². The zero-order valence-electron chi connectivity index (χ0n) is 12.6. The lowest BCUT2D eigenvalue weighted by Crippen LogP contribution is -2.15. The lowest BCUT2D eigenvalue weighted by Gasteiger charge is -2.21. The SMILES string of the molecule is Cl.Nc1cc2c(cc1NC(=O)CCC1CCCCC1)OCO2. The summed E-state index contributed by atoms with van der Waals surface area (Å²) in [5, 5.41) is 2.88. The Labute approximate surface area is 137 Å². The molecule has 1 heterocycles. The quantitative estimate of drug-likeness (QED) is 0.827. The molecular weight excluding hydrogens is 304 g/mol. The molecule has 6 heteroatoms. The van der Waals surface area contributed by atoms with Crippen LogP contribution in [0.15, 0.2) is 12.1 Å². The summed E-state index contributed by atoms with van der Waals surface area (Å²) in [7, 11) is 0. The van der Waals surface area contributed by atoms with E-state index in [0.29, 0.717) is 35.2 Å². The fraction of sp³-hybridized carbons (Fsp3) is 0.562. The van der Waals surface area contributed by atoms with Gasteiger partial charge >= 0.3 is 0 Å². The number of anilines is 2. The van der Waals surface area contributed by atoms with E-state index in [4.69, 9.17) is 15.2 Å². The van der Waals surface area contributed by atoms with Gasteiger partial charge in [0.05, 0.1) is 11.4 Å². The third-order valence-electron chi connectivity index (χ3n) is 4.32. The van der Waals surface area contributed by atoms with Crippen molar-refractivity contribution in [1.82, 2.24) is 0 Å². The Morgan fingerprint density at radius 3 is 2.59 bits per heavy atom. The van der Waals surface area contributed by atoms with Gasteiger partial charge in [0.2, 0.25) is 12.7 Å². The number of halogens is 1. The van der Waals surface area contributed by atoms with Gasteiger partial charge in [-0.1, -0.05) is 32.1 Å². The Morgan fingerprint density at radius 1 is 1.18 bits per heavy atom. The van der Waals surface area contributed by atoms with E-state index in [0.717, 1.165) is 6.42 Å². The number of hydrogen-bond acceptors (Lipinski definition) is 4. The van der Waals surface area contributed by atoms with Crippen molar-refractivity contribution in [3.05, 3.63) is 12.1 Å². The van der Waals surface area contributed by atoms with Crippen LogP contribution in [0, 0.1) is 5.92 Å². The average Bonchev–Trinajstić information content (AvgIpc) is 2.94. The van der Waals surface area contributed by atoms with Crippen molar-refractivity contribution in [2.75, 3.05) is 17.8 Å². The molecule has 122 valence electrons. The highest BCUT2D eigenvalue weighted by Crippen LogP contribution is 2.38. The van der Waals surface area contributed by atoms with Crippen molar-refractivity contribution >= 4 is 29.7 Å². The second-order valence-corrected chi connectivity index (χ2v) is 5.88. The molecule has 0 unspecified atom stereocenters. The molecule has 1 aromatic rings. The van der Waals surface area contributed by atoms with Gasteiger partial charge in [0, 0.05) is 18.6 Å². The number of hydrogen-bond donors (Lipinski definition) is 2. The van der Waals surface area contributed by atoms with Gasteiger partial charge < -0.3 is 20.5 Å². The van der Waals surface area contributed by atoms with Gasteiger partial charge in [-0.25, -0.2) is 0 Å². The predicted molar refractivity (Wildman–Crippen MR) is 88.7 cm³/mol. The highest BCUT2D eigenvalue weighted by atomic mass is 35.5. The summed E-state index contributed by atoms with van der Waals surface area (Å²) in [5.74, 6) is 1.99. The molecule has 0 radical (unpaired) electrons. The zero-order chi connectivity index (χ0) is 14.7. The summed E-state index contributed by atoms with van der Waals surface area (Å²) in [5.41, 5.74) is 7.04. The summed E-state index contributed by atoms with van der Waals surface area (Å²) in [6.45, 7) is 0.202. The number of rotatable bonds is 4. The Hall–Kier alpha value is -1.62. The molecule has 5 nitrogen and oxygen atoms in total. The molecule has 3 N–H and O–H groups in total. The number of amides is 1. The summed E-state index contributed by atoms with van der Waals surface area (Å²) in [6, 6.07) is 3.43. The van der Waals surface area contributed by atoms with E-state index in [-0.39, 0.29) is 25.1 Å². The van der Waals surface area contributed by atoms with Crippen LogP contribution in [0.1, 0.15) is 44.9 Å². The van der Waals surface area contributed by atoms with Crippen LogP contribution >= 0.6 is 12.4 Å². The maximum Gasteiger partial charge on any atom is 0.231 e. The largest absolute Gasteiger partial charge is 0.454 e. The van der Waals surface area contributed by atoms with Crippen LogP contribution in [0.25, 0.3) is 0 Å². The molecule has 0 bridgehead atoms. The highest BCUT2D eigenvalue weighted by Gasteiger charge is 2.18. The molecule has 1 saturated carbocycles. The fourth-order valence-electron chi connectivity index (χ4n) is 3.09. The van der Waals surface area contributed by atoms with Crippen molar-refractivity contribution in [1.29, 1.82) is 0 Å². The summed E-state index contributed by atoms with van der Waals surface area (Å²) < 4.78 is 10.6. The number of carbonyl (C=O) groups excluding carboxylic acids is 1. The van der Waals surface area contributed by atoms with Crippen LogP contribution in [-0.2, 0) is 4.79 Å². The number of carbonyl (C=O) groups is 1. The fourth-order valence-corrected chi connectivity index (χ4v) is 3.09. The minimum absolute atomic E-state index is 0. The molecule has 1 aliphatic carbocycles. The molecule has 2 aliphatic rings. The third-order valence-corrected chi connectivity index (χ3v) is 4.32. The Morgan fingerprint density at radius 2 is 1.86 bits per heavy atom. The Bertz CT molecular complexity index is 530. The number of benzene rings is 1. The zero-order valence-corrected chi connectivity index (χ0v) is 13.4. The molecule has 0 saturated heterocycles. The topological polar surface area (TPSA) is 73.6 Å². The molecule has 3 rings (SSSR count). The van der Waals surface area contributed by atoms with Gasteiger partial charge in [-0.2, -0.15) is 0 Å². The molecular formula is C16H23ClN2O3. The van der Waals surface area contributed by atoms with E-state index in [2.05, 4.69) is 5.32 Å². The highest BCUT2D eigenvalue weighted by molar-refractivity contribution is 5.94. The first-order chi connectivity index (χ1) is 10.2. The van der Waals surface area contributed by atoms with Gasteiger partial charge in [0.1, 0.15) is 0 Å². The molecule has 0 aromatic heterocycles. The van der Waals surface area contributed by atoms with E-state index in [1.54, 1.807) is 12.1 Å². The Kier molecular flexibility index (Phi) is 5.77. The van der Waals surface area contributed by atoms with Crippen molar-refractivity contribution in [2.24, 2.45) is 5.92 Å². The number of nitrogen functional groups attached to an aromatic ring is 1. The average molecular weight is 327 g/mol. The lowest BCUT2D eigenvalue weighted by atomic mass is 9.86. The second kappa shape index (κ2) is 7.58. The minimum atomic E-state index is 0.